The van der Waals surface area contributed by atoms with Crippen molar-refractivity contribution in [3.05, 3.63) is 28.8 Å². The molecule has 2 rings (SSSR count). The highest BCUT2D eigenvalue weighted by atomic mass is 32.2. The minimum atomic E-state index is -3.51. The minimum absolute atomic E-state index is 0.237. The Morgan fingerprint density at radius 1 is 1.40 bits per heavy atom. The van der Waals surface area contributed by atoms with Gasteiger partial charge in [-0.05, 0) is 51.7 Å². The molecule has 110 valence electrons. The van der Waals surface area contributed by atoms with Gasteiger partial charge in [0.2, 0.25) is 0 Å². The molecule has 2 aromatic heterocycles. The standard InChI is InChI=1S/C12H17N3O3S2/c1-7-6-12(19-14-7)20(16,17)15-8(2)5-11-9(3)13-18-10(11)4/h6,8,15H,5H2,1-4H3. The van der Waals surface area contributed by atoms with Crippen LogP contribution in [-0.2, 0) is 16.4 Å². The first-order valence-electron chi connectivity index (χ1n) is 6.17. The van der Waals surface area contributed by atoms with Crippen LogP contribution in [0.2, 0.25) is 0 Å². The summed E-state index contributed by atoms with van der Waals surface area (Å²) in [6.07, 6.45) is 0.540. The van der Waals surface area contributed by atoms with Crippen molar-refractivity contribution in [2.45, 2.75) is 44.4 Å². The zero-order valence-electron chi connectivity index (χ0n) is 11.8. The van der Waals surface area contributed by atoms with E-state index in [4.69, 9.17) is 4.52 Å². The fourth-order valence-corrected chi connectivity index (χ4v) is 4.14. The molecule has 0 aromatic carbocycles. The van der Waals surface area contributed by atoms with Gasteiger partial charge in [-0.3, -0.25) is 0 Å². The van der Waals surface area contributed by atoms with Gasteiger partial charge in [-0.2, -0.15) is 4.37 Å². The minimum Gasteiger partial charge on any atom is -0.361 e. The Morgan fingerprint density at radius 2 is 2.10 bits per heavy atom. The van der Waals surface area contributed by atoms with Crippen LogP contribution in [0.3, 0.4) is 0 Å². The second kappa shape index (κ2) is 5.63. The lowest BCUT2D eigenvalue weighted by atomic mass is 10.1. The monoisotopic (exact) mass is 315 g/mol. The predicted molar refractivity (Wildman–Crippen MR) is 76.3 cm³/mol. The normalized spacial score (nSPS) is 13.6. The number of nitrogens with zero attached hydrogens (tertiary/aromatic N) is 2. The maximum Gasteiger partial charge on any atom is 0.251 e. The first-order chi connectivity index (χ1) is 9.29. The van der Waals surface area contributed by atoms with Crippen molar-refractivity contribution >= 4 is 21.6 Å². The molecule has 0 radical (unpaired) electrons. The summed E-state index contributed by atoms with van der Waals surface area (Å²) in [5.41, 5.74) is 2.44. The molecule has 0 saturated heterocycles. The van der Waals surface area contributed by atoms with Crippen LogP contribution in [0.5, 0.6) is 0 Å². The van der Waals surface area contributed by atoms with Crippen molar-refractivity contribution in [2.75, 3.05) is 0 Å². The molecule has 2 heterocycles. The van der Waals surface area contributed by atoms with Crippen LogP contribution in [0, 0.1) is 20.8 Å². The van der Waals surface area contributed by atoms with Crippen LogP contribution >= 0.6 is 11.5 Å². The number of sulfonamides is 1. The highest BCUT2D eigenvalue weighted by Crippen LogP contribution is 2.18. The third kappa shape index (κ3) is 3.25. The number of aromatic nitrogens is 2. The van der Waals surface area contributed by atoms with Gasteiger partial charge in [0.1, 0.15) is 5.76 Å². The Morgan fingerprint density at radius 3 is 2.60 bits per heavy atom. The van der Waals surface area contributed by atoms with E-state index in [1.807, 2.05) is 20.8 Å². The van der Waals surface area contributed by atoms with Gasteiger partial charge in [0, 0.05) is 11.6 Å². The quantitative estimate of drug-likeness (QED) is 0.911. The molecular formula is C12H17N3O3S2. The molecule has 20 heavy (non-hydrogen) atoms. The van der Waals surface area contributed by atoms with Gasteiger partial charge in [0.05, 0.1) is 11.4 Å². The van der Waals surface area contributed by atoms with Crippen LogP contribution in [0.4, 0.5) is 0 Å². The topological polar surface area (TPSA) is 85.1 Å². The van der Waals surface area contributed by atoms with Crippen LogP contribution in [0.25, 0.3) is 0 Å². The molecule has 0 bridgehead atoms. The van der Waals surface area contributed by atoms with E-state index in [-0.39, 0.29) is 10.3 Å². The molecule has 8 heteroatoms. The van der Waals surface area contributed by atoms with Crippen LogP contribution in [0.15, 0.2) is 14.8 Å². The lowest BCUT2D eigenvalue weighted by Gasteiger charge is -2.12. The summed E-state index contributed by atoms with van der Waals surface area (Å²) in [5.74, 6) is 0.724. The van der Waals surface area contributed by atoms with E-state index in [2.05, 4.69) is 14.3 Å². The average molecular weight is 315 g/mol. The van der Waals surface area contributed by atoms with E-state index >= 15 is 0 Å². The second-order valence-electron chi connectivity index (χ2n) is 4.82. The first kappa shape index (κ1) is 15.1. The number of hydrogen-bond donors (Lipinski definition) is 1. The zero-order chi connectivity index (χ0) is 14.9. The summed E-state index contributed by atoms with van der Waals surface area (Å²) >= 11 is 0.981. The third-order valence-corrected chi connectivity index (χ3v) is 5.84. The van der Waals surface area contributed by atoms with Crippen LogP contribution < -0.4 is 4.72 Å². The number of rotatable bonds is 5. The van der Waals surface area contributed by atoms with Gasteiger partial charge < -0.3 is 4.52 Å². The van der Waals surface area contributed by atoms with Crippen LogP contribution in [-0.4, -0.2) is 24.0 Å². The molecule has 0 amide bonds. The Kier molecular flexibility index (Phi) is 4.26. The number of nitrogens with one attached hydrogen (secondary N) is 1. The molecule has 6 nitrogen and oxygen atoms in total. The van der Waals surface area contributed by atoms with Gasteiger partial charge in [0.25, 0.3) is 10.0 Å². The average Bonchev–Trinajstić information content (AvgIpc) is 2.90. The summed E-state index contributed by atoms with van der Waals surface area (Å²) in [6, 6.07) is 1.31. The molecule has 1 N–H and O–H groups in total. The van der Waals surface area contributed by atoms with Crippen molar-refractivity contribution in [3.8, 4) is 0 Å². The molecule has 2 aromatic rings. The molecule has 1 unspecified atom stereocenters. The van der Waals surface area contributed by atoms with Gasteiger partial charge in [-0.1, -0.05) is 5.16 Å². The fourth-order valence-electron chi connectivity index (χ4n) is 1.93. The van der Waals surface area contributed by atoms with Crippen molar-refractivity contribution in [2.24, 2.45) is 0 Å². The van der Waals surface area contributed by atoms with E-state index in [9.17, 15) is 8.42 Å². The van der Waals surface area contributed by atoms with E-state index < -0.39 is 10.0 Å². The Hall–Kier alpha value is -1.25. The molecular weight excluding hydrogens is 298 g/mol. The van der Waals surface area contributed by atoms with E-state index in [0.717, 1.165) is 28.6 Å². The Balaban J connectivity index is 2.10. The van der Waals surface area contributed by atoms with Crippen molar-refractivity contribution in [3.63, 3.8) is 0 Å². The fraction of sp³-hybridized carbons (Fsp3) is 0.500. The highest BCUT2D eigenvalue weighted by Gasteiger charge is 2.21. The Labute approximate surface area is 122 Å². The predicted octanol–water partition coefficient (Wildman–Crippen LogP) is 1.97. The first-order valence-corrected chi connectivity index (χ1v) is 8.42. The summed E-state index contributed by atoms with van der Waals surface area (Å²) in [6.45, 7) is 7.25. The maximum atomic E-state index is 12.2. The van der Waals surface area contributed by atoms with Crippen LogP contribution in [0.1, 0.15) is 29.6 Å². The summed E-state index contributed by atoms with van der Waals surface area (Å²) < 4.78 is 36.3. The Bertz CT molecular complexity index is 684. The second-order valence-corrected chi connectivity index (χ2v) is 7.56. The van der Waals surface area contributed by atoms with Gasteiger partial charge in [0.15, 0.2) is 4.21 Å². The number of hydrogen-bond acceptors (Lipinski definition) is 6. The maximum absolute atomic E-state index is 12.2. The van der Waals surface area contributed by atoms with Crippen molar-refractivity contribution in [1.82, 2.24) is 14.3 Å². The summed E-state index contributed by atoms with van der Waals surface area (Å²) in [4.78, 5) is 0. The molecule has 0 aliphatic rings. The lowest BCUT2D eigenvalue weighted by Crippen LogP contribution is -2.33. The third-order valence-electron chi connectivity index (χ3n) is 2.92. The molecule has 1 atom stereocenters. The highest BCUT2D eigenvalue weighted by molar-refractivity contribution is 7.91. The van der Waals surface area contributed by atoms with Gasteiger partial charge in [-0.15, -0.1) is 0 Å². The van der Waals surface area contributed by atoms with Gasteiger partial charge >= 0.3 is 0 Å². The SMILES string of the molecule is Cc1cc(S(=O)(=O)NC(C)Cc2c(C)noc2C)sn1. The zero-order valence-corrected chi connectivity index (χ0v) is 13.4. The van der Waals surface area contributed by atoms with Gasteiger partial charge in [-0.25, -0.2) is 13.1 Å². The molecule has 0 saturated carbocycles. The molecule has 0 aliphatic carbocycles. The van der Waals surface area contributed by atoms with E-state index in [1.54, 1.807) is 13.0 Å². The summed E-state index contributed by atoms with van der Waals surface area (Å²) in [7, 11) is -3.51. The largest absolute Gasteiger partial charge is 0.361 e. The van der Waals surface area contributed by atoms with Crippen molar-refractivity contribution < 1.29 is 12.9 Å². The van der Waals surface area contributed by atoms with E-state index in [0.29, 0.717) is 12.1 Å². The van der Waals surface area contributed by atoms with Crippen molar-refractivity contribution in [1.29, 1.82) is 0 Å². The van der Waals surface area contributed by atoms with E-state index in [1.165, 1.54) is 0 Å². The number of aryl methyl sites for hydroxylation is 3. The molecule has 0 aliphatic heterocycles. The smallest absolute Gasteiger partial charge is 0.251 e. The summed E-state index contributed by atoms with van der Waals surface area (Å²) in [5, 5.41) is 3.87. The molecule has 0 spiro atoms. The molecule has 0 fully saturated rings. The lowest BCUT2D eigenvalue weighted by molar-refractivity contribution is 0.392.